The van der Waals surface area contributed by atoms with E-state index in [4.69, 9.17) is 0 Å². The molecule has 1 saturated heterocycles. The molecule has 0 aromatic heterocycles. The monoisotopic (exact) mass is 407 g/mol. The molecule has 30 heavy (non-hydrogen) atoms. The molecule has 3 rings (SSSR count). The van der Waals surface area contributed by atoms with Crippen LogP contribution < -0.4 is 0 Å². The Hall–Kier alpha value is -2.79. The molecule has 0 bridgehead atoms. The number of aliphatic hydroxyl groups excluding tert-OH is 1. The molecule has 5 heteroatoms. The molecular weight excluding hydrogens is 378 g/mol. The molecule has 0 aliphatic carbocycles. The highest BCUT2D eigenvalue weighted by molar-refractivity contribution is 5.92. The van der Waals surface area contributed by atoms with E-state index in [0.717, 1.165) is 16.7 Å². The molecule has 2 aromatic carbocycles. The lowest BCUT2D eigenvalue weighted by atomic mass is 9.98. The molecular formula is C25H29NO4. The van der Waals surface area contributed by atoms with Crippen LogP contribution in [0.3, 0.4) is 0 Å². The van der Waals surface area contributed by atoms with E-state index < -0.39 is 18.1 Å². The fourth-order valence-corrected chi connectivity index (χ4v) is 4.09. The number of amides is 1. The zero-order valence-electron chi connectivity index (χ0n) is 17.6. The molecule has 0 radical (unpaired) electrons. The van der Waals surface area contributed by atoms with Gasteiger partial charge < -0.3 is 14.8 Å². The third-order valence-electron chi connectivity index (χ3n) is 5.67. The third kappa shape index (κ3) is 5.42. The van der Waals surface area contributed by atoms with Crippen LogP contribution in [0.1, 0.15) is 38.7 Å². The van der Waals surface area contributed by atoms with Gasteiger partial charge in [-0.3, -0.25) is 9.59 Å². The molecule has 1 aliphatic heterocycles. The van der Waals surface area contributed by atoms with E-state index in [2.05, 4.69) is 12.1 Å². The second-order valence-corrected chi connectivity index (χ2v) is 8.23. The lowest BCUT2D eigenvalue weighted by molar-refractivity contribution is -0.141. The largest absolute Gasteiger partial charge is 0.391 e. The van der Waals surface area contributed by atoms with Gasteiger partial charge in [-0.25, -0.2) is 0 Å². The highest BCUT2D eigenvalue weighted by Crippen LogP contribution is 2.24. The van der Waals surface area contributed by atoms with E-state index in [0.29, 0.717) is 12.8 Å². The van der Waals surface area contributed by atoms with E-state index in [9.17, 15) is 19.5 Å². The number of rotatable bonds is 8. The summed E-state index contributed by atoms with van der Waals surface area (Å²) in [6.07, 6.45) is 0.626. The van der Waals surface area contributed by atoms with Gasteiger partial charge in [-0.1, -0.05) is 61.5 Å². The molecule has 1 fully saturated rings. The van der Waals surface area contributed by atoms with Crippen LogP contribution in [0.4, 0.5) is 0 Å². The Morgan fingerprint density at radius 1 is 1.03 bits per heavy atom. The van der Waals surface area contributed by atoms with Crippen molar-refractivity contribution in [3.05, 3.63) is 60.2 Å². The quantitative estimate of drug-likeness (QED) is 0.728. The highest BCUT2D eigenvalue weighted by Gasteiger charge is 2.39. The Balaban J connectivity index is 1.60. The number of ketones is 2. The van der Waals surface area contributed by atoms with Crippen LogP contribution >= 0.6 is 0 Å². The number of nitrogens with zero attached hydrogens (tertiary/aromatic N) is 1. The second kappa shape index (κ2) is 9.81. The number of aliphatic hydroxyl groups is 1. The number of carbonyl (C=O) groups is 3. The van der Waals surface area contributed by atoms with Crippen LogP contribution in [0.25, 0.3) is 11.1 Å². The van der Waals surface area contributed by atoms with Gasteiger partial charge in [-0.2, -0.15) is 0 Å². The lowest BCUT2D eigenvalue weighted by Gasteiger charge is -2.26. The van der Waals surface area contributed by atoms with Gasteiger partial charge in [0.2, 0.25) is 5.91 Å². The van der Waals surface area contributed by atoms with Crippen molar-refractivity contribution >= 4 is 17.5 Å². The topological polar surface area (TPSA) is 74.7 Å². The third-order valence-corrected chi connectivity index (χ3v) is 5.67. The maximum absolute atomic E-state index is 12.8. The zero-order valence-corrected chi connectivity index (χ0v) is 17.6. The van der Waals surface area contributed by atoms with Gasteiger partial charge in [0, 0.05) is 31.7 Å². The van der Waals surface area contributed by atoms with E-state index in [1.807, 2.05) is 42.5 Å². The van der Waals surface area contributed by atoms with Gasteiger partial charge in [0.15, 0.2) is 5.78 Å². The number of Topliss-reactive ketones (excluding diaryl/α,β-unsaturated/α-hetero) is 2. The lowest BCUT2D eigenvalue weighted by Crippen LogP contribution is -2.43. The van der Waals surface area contributed by atoms with E-state index in [-0.39, 0.29) is 36.9 Å². The molecule has 0 saturated carbocycles. The number of likely N-dealkylation sites (tertiary alicyclic amines) is 1. The summed E-state index contributed by atoms with van der Waals surface area (Å²) in [4.78, 5) is 38.3. The summed E-state index contributed by atoms with van der Waals surface area (Å²) < 4.78 is 0. The second-order valence-electron chi connectivity index (χ2n) is 8.23. The molecule has 1 heterocycles. The molecule has 158 valence electrons. The summed E-state index contributed by atoms with van der Waals surface area (Å²) in [6, 6.07) is 17.6. The molecule has 0 spiro atoms. The smallest absolute Gasteiger partial charge is 0.226 e. The van der Waals surface area contributed by atoms with Crippen molar-refractivity contribution in [2.45, 2.75) is 51.7 Å². The van der Waals surface area contributed by atoms with Crippen molar-refractivity contribution in [3.8, 4) is 11.1 Å². The number of carbonyl (C=O) groups excluding carboxylic acids is 3. The summed E-state index contributed by atoms with van der Waals surface area (Å²) in [5.41, 5.74) is 3.33. The van der Waals surface area contributed by atoms with E-state index in [1.54, 1.807) is 6.92 Å². The highest BCUT2D eigenvalue weighted by atomic mass is 16.3. The van der Waals surface area contributed by atoms with Gasteiger partial charge in [0.25, 0.3) is 0 Å². The van der Waals surface area contributed by atoms with Crippen molar-refractivity contribution in [2.24, 2.45) is 5.92 Å². The van der Waals surface area contributed by atoms with E-state index in [1.165, 1.54) is 11.8 Å². The van der Waals surface area contributed by atoms with Crippen LogP contribution in [0.2, 0.25) is 0 Å². The van der Waals surface area contributed by atoms with Crippen molar-refractivity contribution in [3.63, 3.8) is 0 Å². The maximum atomic E-state index is 12.8. The van der Waals surface area contributed by atoms with Crippen LogP contribution in [0.15, 0.2) is 54.6 Å². The predicted molar refractivity (Wildman–Crippen MR) is 116 cm³/mol. The van der Waals surface area contributed by atoms with Crippen molar-refractivity contribution in [1.82, 2.24) is 4.90 Å². The summed E-state index contributed by atoms with van der Waals surface area (Å²) in [5.74, 6) is -0.805. The molecule has 0 unspecified atom stereocenters. The number of hydrogen-bond acceptors (Lipinski definition) is 4. The number of aryl methyl sites for hydroxylation is 1. The average molecular weight is 408 g/mol. The minimum Gasteiger partial charge on any atom is -0.391 e. The summed E-state index contributed by atoms with van der Waals surface area (Å²) in [6.45, 7) is 3.31. The first-order valence-corrected chi connectivity index (χ1v) is 10.5. The van der Waals surface area contributed by atoms with Gasteiger partial charge in [0.05, 0.1) is 12.1 Å². The minimum absolute atomic E-state index is 0.0398. The van der Waals surface area contributed by atoms with E-state index >= 15 is 0 Å². The Morgan fingerprint density at radius 3 is 2.30 bits per heavy atom. The molecule has 1 N–H and O–H groups in total. The standard InChI is InChI=1S/C25H29NO4/c1-17(14-18(2)27)25(30)26-16-22(28)15-23(26)24(29)13-10-19-8-11-21(12-9-19)20-6-4-3-5-7-20/h3-9,11-12,17,22-23,28H,10,13-16H2,1-2H3/t17-,22-,23+/m1/s1. The fourth-order valence-electron chi connectivity index (χ4n) is 4.09. The molecule has 2 aromatic rings. The van der Waals surface area contributed by atoms with Crippen LogP contribution in [-0.2, 0) is 20.8 Å². The Morgan fingerprint density at radius 2 is 1.67 bits per heavy atom. The summed E-state index contributed by atoms with van der Waals surface area (Å²) >= 11 is 0. The first-order chi connectivity index (χ1) is 14.3. The molecule has 5 nitrogen and oxygen atoms in total. The average Bonchev–Trinajstić information content (AvgIpc) is 3.13. The SMILES string of the molecule is CC(=O)C[C@@H](C)C(=O)N1C[C@H](O)C[C@H]1C(=O)CCc1ccc(-c2ccccc2)cc1. The Bertz CT molecular complexity index is 891. The number of hydrogen-bond donors (Lipinski definition) is 1. The van der Waals surface area contributed by atoms with Crippen LogP contribution in [0.5, 0.6) is 0 Å². The molecule has 1 aliphatic rings. The molecule has 3 atom stereocenters. The zero-order chi connectivity index (χ0) is 21.7. The first kappa shape index (κ1) is 21.9. The fraction of sp³-hybridized carbons (Fsp3) is 0.400. The number of benzene rings is 2. The van der Waals surface area contributed by atoms with Crippen LogP contribution in [0, 0.1) is 5.92 Å². The first-order valence-electron chi connectivity index (χ1n) is 10.5. The van der Waals surface area contributed by atoms with Crippen molar-refractivity contribution < 1.29 is 19.5 Å². The Kier molecular flexibility index (Phi) is 7.16. The van der Waals surface area contributed by atoms with Gasteiger partial charge in [-0.15, -0.1) is 0 Å². The summed E-state index contributed by atoms with van der Waals surface area (Å²) in [7, 11) is 0. The van der Waals surface area contributed by atoms with Crippen LogP contribution in [-0.4, -0.2) is 46.2 Å². The Labute approximate surface area is 177 Å². The van der Waals surface area contributed by atoms with Gasteiger partial charge in [-0.05, 0) is 30.0 Å². The van der Waals surface area contributed by atoms with Crippen molar-refractivity contribution in [1.29, 1.82) is 0 Å². The number of β-amino-alcohol motifs (C(OH)–C–C–N with tert-alkyl or cyclic N) is 1. The molecule has 1 amide bonds. The van der Waals surface area contributed by atoms with Gasteiger partial charge in [0.1, 0.15) is 5.78 Å². The normalized spacial score (nSPS) is 19.5. The summed E-state index contributed by atoms with van der Waals surface area (Å²) in [5, 5.41) is 10.0. The predicted octanol–water partition coefficient (Wildman–Crippen LogP) is 3.43. The van der Waals surface area contributed by atoms with Gasteiger partial charge >= 0.3 is 0 Å². The minimum atomic E-state index is -0.697. The maximum Gasteiger partial charge on any atom is 0.226 e. The van der Waals surface area contributed by atoms with Crippen molar-refractivity contribution in [2.75, 3.05) is 6.54 Å².